The Kier molecular flexibility index (Phi) is 6.00. The Hall–Kier alpha value is -6.60. The molecular formula is C45H32BN5O. The molecule has 3 aliphatic heterocycles. The van der Waals surface area contributed by atoms with Crippen LogP contribution in [-0.4, -0.2) is 16.5 Å². The van der Waals surface area contributed by atoms with Gasteiger partial charge in [0.1, 0.15) is 17.3 Å². The van der Waals surface area contributed by atoms with Gasteiger partial charge in [-0.05, 0) is 82.8 Å². The number of rotatable bonds is 4. The van der Waals surface area contributed by atoms with Crippen LogP contribution < -0.4 is 24.4 Å². The molecule has 0 N–H and O–H groups in total. The SMILES string of the molecule is CC1(C)c2ccc(Oc3ccc4c(c3)N3B(c5ccccc5-c5cccnc53)N4c3ccccc3)cc2-n2[c-][n+](-c3ccccc3)c3cccc1c32. The van der Waals surface area contributed by atoms with Gasteiger partial charge in [-0.25, -0.2) is 4.98 Å². The van der Waals surface area contributed by atoms with Crippen molar-refractivity contribution in [2.24, 2.45) is 0 Å². The molecule has 0 saturated heterocycles. The highest BCUT2D eigenvalue weighted by Gasteiger charge is 2.48. The van der Waals surface area contributed by atoms with E-state index in [0.717, 1.165) is 56.8 Å². The molecular weight excluding hydrogens is 637 g/mol. The van der Waals surface area contributed by atoms with E-state index in [1.807, 2.05) is 18.3 Å². The van der Waals surface area contributed by atoms with Crippen molar-refractivity contribution in [2.45, 2.75) is 19.3 Å². The van der Waals surface area contributed by atoms with Gasteiger partial charge in [-0.1, -0.05) is 98.8 Å². The molecule has 0 atom stereocenters. The maximum Gasteiger partial charge on any atom is 0.422 e. The van der Waals surface area contributed by atoms with Crippen LogP contribution in [0.25, 0.3) is 33.5 Å². The molecule has 0 radical (unpaired) electrons. The number of hydrogen-bond acceptors (Lipinski definition) is 4. The molecule has 3 aliphatic rings. The minimum atomic E-state index is -0.210. The van der Waals surface area contributed by atoms with Gasteiger partial charge >= 0.3 is 6.98 Å². The summed E-state index contributed by atoms with van der Waals surface area (Å²) in [6.45, 7) is 4.52. The molecule has 6 nitrogen and oxygen atoms in total. The summed E-state index contributed by atoms with van der Waals surface area (Å²) < 4.78 is 11.2. The smallest absolute Gasteiger partial charge is 0.422 e. The normalized spacial score (nSPS) is 14.4. The lowest BCUT2D eigenvalue weighted by Crippen LogP contribution is -2.55. The van der Waals surface area contributed by atoms with Crippen molar-refractivity contribution in [3.63, 3.8) is 0 Å². The Morgan fingerprint density at radius 2 is 1.37 bits per heavy atom. The lowest BCUT2D eigenvalue weighted by atomic mass is 9.60. The molecule has 6 aromatic carbocycles. The molecule has 0 aliphatic carbocycles. The molecule has 11 rings (SSSR count). The molecule has 0 amide bonds. The van der Waals surface area contributed by atoms with Gasteiger partial charge in [0.25, 0.3) is 6.33 Å². The molecule has 0 fully saturated rings. The molecule has 246 valence electrons. The number of hydrogen-bond donors (Lipinski definition) is 0. The van der Waals surface area contributed by atoms with E-state index in [0.29, 0.717) is 0 Å². The Morgan fingerprint density at radius 3 is 2.21 bits per heavy atom. The van der Waals surface area contributed by atoms with E-state index < -0.39 is 0 Å². The second-order valence-corrected chi connectivity index (χ2v) is 14.2. The van der Waals surface area contributed by atoms with Crippen molar-refractivity contribution in [2.75, 3.05) is 9.62 Å². The van der Waals surface area contributed by atoms with Crippen molar-refractivity contribution >= 4 is 46.4 Å². The standard InChI is InChI=1S/C45H32BN5O/c1-45(2)36-24-22-32(27-41(36)49-29-48(30-13-5-3-6-14-30)40-21-11-19-37(45)43(40)49)52-33-23-25-39-42(28-33)51-44-35(18-12-26-47-44)34-17-9-10-20-38(34)46(51)50(39)31-15-7-4-8-16-31/h3-28H,1-2H3. The summed E-state index contributed by atoms with van der Waals surface area (Å²) in [6, 6.07) is 53.5. The van der Waals surface area contributed by atoms with Crippen molar-refractivity contribution < 1.29 is 9.30 Å². The topological polar surface area (TPSA) is 37.4 Å². The maximum atomic E-state index is 6.79. The average molecular weight is 670 g/mol. The third-order valence-electron chi connectivity index (χ3n) is 11.0. The number of pyridine rings is 1. The zero-order chi connectivity index (χ0) is 34.6. The number of nitrogens with zero attached hydrogens (tertiary/aromatic N) is 5. The Bertz CT molecular complexity index is 2720. The van der Waals surface area contributed by atoms with Gasteiger partial charge in [-0.15, -0.1) is 0 Å². The first kappa shape index (κ1) is 29.2. The van der Waals surface area contributed by atoms with Crippen molar-refractivity contribution in [3.8, 4) is 34.0 Å². The maximum absolute atomic E-state index is 6.79. The number of fused-ring (bicyclic) bond motifs is 10. The summed E-state index contributed by atoms with van der Waals surface area (Å²) >= 11 is 0. The Labute approximate surface area is 302 Å². The quantitative estimate of drug-likeness (QED) is 0.106. The van der Waals surface area contributed by atoms with Crippen LogP contribution in [-0.2, 0) is 5.41 Å². The van der Waals surface area contributed by atoms with Gasteiger partial charge in [-0.2, -0.15) is 0 Å². The second-order valence-electron chi connectivity index (χ2n) is 14.2. The predicted octanol–water partition coefficient (Wildman–Crippen LogP) is 9.20. The van der Waals surface area contributed by atoms with E-state index in [2.05, 4.69) is 178 Å². The molecule has 0 unspecified atom stereocenters. The summed E-state index contributed by atoms with van der Waals surface area (Å²) in [5.74, 6) is 2.48. The zero-order valence-corrected chi connectivity index (χ0v) is 28.7. The molecule has 5 heterocycles. The summed E-state index contributed by atoms with van der Waals surface area (Å²) in [7, 11) is 0. The molecule has 52 heavy (non-hydrogen) atoms. The van der Waals surface area contributed by atoms with Crippen molar-refractivity contribution in [1.82, 2.24) is 9.55 Å². The first-order valence-electron chi connectivity index (χ1n) is 17.8. The van der Waals surface area contributed by atoms with Gasteiger partial charge in [0, 0.05) is 28.9 Å². The fourth-order valence-corrected chi connectivity index (χ4v) is 8.66. The van der Waals surface area contributed by atoms with Gasteiger partial charge in [0.15, 0.2) is 0 Å². The number of anilines is 4. The van der Waals surface area contributed by atoms with Crippen LogP contribution in [0.2, 0.25) is 0 Å². The number of ether oxygens (including phenoxy) is 1. The first-order valence-corrected chi connectivity index (χ1v) is 17.8. The van der Waals surface area contributed by atoms with E-state index in [1.54, 1.807) is 0 Å². The highest BCUT2D eigenvalue weighted by atomic mass is 16.5. The molecule has 0 saturated carbocycles. The van der Waals surface area contributed by atoms with Crippen LogP contribution in [0.15, 0.2) is 158 Å². The number of para-hydroxylation sites is 3. The Morgan fingerprint density at radius 1 is 0.635 bits per heavy atom. The number of imidazole rings is 1. The van der Waals surface area contributed by atoms with Crippen LogP contribution in [0.5, 0.6) is 11.5 Å². The largest absolute Gasteiger partial charge is 0.458 e. The fraction of sp³-hybridized carbons (Fsp3) is 0.0667. The third kappa shape index (κ3) is 4.02. The number of benzene rings is 6. The highest BCUT2D eigenvalue weighted by Crippen LogP contribution is 2.52. The van der Waals surface area contributed by atoms with Crippen LogP contribution >= 0.6 is 0 Å². The van der Waals surface area contributed by atoms with E-state index in [1.165, 1.54) is 27.7 Å². The van der Waals surface area contributed by atoms with Crippen molar-refractivity contribution in [1.29, 1.82) is 0 Å². The van der Waals surface area contributed by atoms with E-state index in [9.17, 15) is 0 Å². The minimum Gasteiger partial charge on any atom is -0.458 e. The van der Waals surface area contributed by atoms with E-state index in [4.69, 9.17) is 9.72 Å². The molecule has 8 aromatic rings. The minimum absolute atomic E-state index is 0.0970. The van der Waals surface area contributed by atoms with Crippen LogP contribution in [0.4, 0.5) is 22.9 Å². The monoisotopic (exact) mass is 669 g/mol. The van der Waals surface area contributed by atoms with Crippen molar-refractivity contribution in [3.05, 3.63) is 175 Å². The summed E-state index contributed by atoms with van der Waals surface area (Å²) in [4.78, 5) is 9.76. The average Bonchev–Trinajstić information content (AvgIpc) is 3.75. The zero-order valence-electron chi connectivity index (χ0n) is 28.7. The lowest BCUT2D eigenvalue weighted by molar-refractivity contribution is -0.572. The molecule has 0 bridgehead atoms. The Balaban J connectivity index is 1.04. The fourth-order valence-electron chi connectivity index (χ4n) is 8.66. The molecule has 7 heteroatoms. The summed E-state index contributed by atoms with van der Waals surface area (Å²) in [6.07, 6.45) is 5.58. The van der Waals surface area contributed by atoms with Gasteiger partial charge in [0.2, 0.25) is 0 Å². The van der Waals surface area contributed by atoms with E-state index >= 15 is 0 Å². The van der Waals surface area contributed by atoms with Crippen LogP contribution in [0.1, 0.15) is 25.0 Å². The lowest BCUT2D eigenvalue weighted by Gasteiger charge is -2.35. The highest BCUT2D eigenvalue weighted by molar-refractivity contribution is 6.86. The van der Waals surface area contributed by atoms with Crippen LogP contribution in [0.3, 0.4) is 0 Å². The summed E-state index contributed by atoms with van der Waals surface area (Å²) in [5.41, 5.74) is 13.6. The third-order valence-corrected chi connectivity index (χ3v) is 11.0. The van der Waals surface area contributed by atoms with Gasteiger partial charge < -0.3 is 14.4 Å². The number of aromatic nitrogens is 3. The van der Waals surface area contributed by atoms with E-state index in [-0.39, 0.29) is 12.4 Å². The molecule has 0 spiro atoms. The molecule has 2 aromatic heterocycles. The van der Waals surface area contributed by atoms with Gasteiger partial charge in [-0.3, -0.25) is 9.13 Å². The van der Waals surface area contributed by atoms with Gasteiger partial charge in [0.05, 0.1) is 33.8 Å². The van der Waals surface area contributed by atoms with Crippen LogP contribution in [0, 0.1) is 6.33 Å². The first-order chi connectivity index (χ1) is 25.6. The second kappa shape index (κ2) is 10.7. The summed E-state index contributed by atoms with van der Waals surface area (Å²) in [5, 5.41) is 0. The predicted molar refractivity (Wildman–Crippen MR) is 208 cm³/mol.